The second-order valence-corrected chi connectivity index (χ2v) is 6.78. The Kier molecular flexibility index (Phi) is 2.56. The van der Waals surface area contributed by atoms with Crippen molar-refractivity contribution >= 4 is 26.7 Å². The lowest BCUT2D eigenvalue weighted by molar-refractivity contribution is 0.486. The van der Waals surface area contributed by atoms with E-state index < -0.39 is 10.8 Å². The van der Waals surface area contributed by atoms with Crippen molar-refractivity contribution in [2.75, 3.05) is 5.75 Å². The number of rotatable bonds is 0. The summed E-state index contributed by atoms with van der Waals surface area (Å²) in [6.07, 6.45) is 1.00. The summed E-state index contributed by atoms with van der Waals surface area (Å²) in [5, 5.41) is 0. The Hall–Kier alpha value is -0.150. The van der Waals surface area contributed by atoms with E-state index >= 15 is 0 Å². The Bertz CT molecular complexity index is 398. The van der Waals surface area contributed by atoms with Gasteiger partial charge in [0.05, 0.1) is 10.8 Å². The highest BCUT2D eigenvalue weighted by Crippen LogP contribution is 2.37. The van der Waals surface area contributed by atoms with Gasteiger partial charge in [0.1, 0.15) is 0 Å². The number of halogens is 1. The lowest BCUT2D eigenvalue weighted by Gasteiger charge is -2.31. The summed E-state index contributed by atoms with van der Waals surface area (Å²) in [6.45, 7) is 4.43. The number of benzene rings is 1. The summed E-state index contributed by atoms with van der Waals surface area (Å²) in [7, 11) is -0.791. The lowest BCUT2D eigenvalue weighted by atomic mass is 9.82. The molecule has 1 aliphatic heterocycles. The maximum absolute atomic E-state index is 11.8. The van der Waals surface area contributed by atoms with Gasteiger partial charge >= 0.3 is 0 Å². The van der Waals surface area contributed by atoms with Gasteiger partial charge in [0.2, 0.25) is 0 Å². The summed E-state index contributed by atoms with van der Waals surface area (Å²) in [5.74, 6) is 0.793. The molecule has 0 radical (unpaired) electrons. The minimum atomic E-state index is -0.791. The van der Waals surface area contributed by atoms with Gasteiger partial charge in [-0.05, 0) is 35.6 Å². The topological polar surface area (TPSA) is 17.1 Å². The number of hydrogen-bond acceptors (Lipinski definition) is 1. The quantitative estimate of drug-likeness (QED) is 0.709. The largest absolute Gasteiger partial charge is 0.254 e. The van der Waals surface area contributed by atoms with Gasteiger partial charge < -0.3 is 0 Å². The van der Waals surface area contributed by atoms with Crippen LogP contribution in [0.25, 0.3) is 0 Å². The van der Waals surface area contributed by atoms with E-state index in [9.17, 15) is 4.21 Å². The van der Waals surface area contributed by atoms with E-state index in [0.29, 0.717) is 0 Å². The van der Waals surface area contributed by atoms with Crippen molar-refractivity contribution in [2.45, 2.75) is 30.6 Å². The SMILES string of the molecule is CC1(C)CCS(=O)c2ccc(Br)cc21. The Balaban J connectivity index is 2.64. The highest BCUT2D eigenvalue weighted by atomic mass is 79.9. The van der Waals surface area contributed by atoms with Gasteiger partial charge in [0, 0.05) is 15.1 Å². The van der Waals surface area contributed by atoms with Crippen LogP contribution in [0, 0.1) is 0 Å². The summed E-state index contributed by atoms with van der Waals surface area (Å²) in [4.78, 5) is 1.02. The molecule has 1 heterocycles. The first-order valence-electron chi connectivity index (χ1n) is 4.69. The van der Waals surface area contributed by atoms with Gasteiger partial charge in [-0.2, -0.15) is 0 Å². The van der Waals surface area contributed by atoms with E-state index in [1.54, 1.807) is 0 Å². The van der Waals surface area contributed by atoms with E-state index in [2.05, 4.69) is 35.8 Å². The van der Waals surface area contributed by atoms with Gasteiger partial charge in [-0.3, -0.25) is 4.21 Å². The van der Waals surface area contributed by atoms with Crippen molar-refractivity contribution < 1.29 is 4.21 Å². The molecule has 2 rings (SSSR count). The molecular weight excluding hydrogens is 260 g/mol. The predicted molar refractivity (Wildman–Crippen MR) is 63.1 cm³/mol. The molecule has 1 aliphatic rings. The molecule has 1 aromatic rings. The van der Waals surface area contributed by atoms with Gasteiger partial charge in [0.15, 0.2) is 0 Å². The fraction of sp³-hybridized carbons (Fsp3) is 0.455. The number of fused-ring (bicyclic) bond motifs is 1. The number of hydrogen-bond donors (Lipinski definition) is 0. The molecule has 1 aromatic carbocycles. The lowest BCUT2D eigenvalue weighted by Crippen LogP contribution is -2.27. The third kappa shape index (κ3) is 1.68. The maximum Gasteiger partial charge on any atom is 0.0532 e. The van der Waals surface area contributed by atoms with E-state index in [-0.39, 0.29) is 5.41 Å². The maximum atomic E-state index is 11.8. The van der Waals surface area contributed by atoms with Crippen LogP contribution in [0.5, 0.6) is 0 Å². The molecule has 3 heteroatoms. The Morgan fingerprint density at radius 2 is 2.14 bits per heavy atom. The summed E-state index contributed by atoms with van der Waals surface area (Å²) in [6, 6.07) is 6.06. The zero-order valence-corrected chi connectivity index (χ0v) is 10.7. The molecule has 0 N–H and O–H groups in total. The molecule has 76 valence electrons. The van der Waals surface area contributed by atoms with Crippen molar-refractivity contribution in [3.05, 3.63) is 28.2 Å². The highest BCUT2D eigenvalue weighted by Gasteiger charge is 2.30. The Labute approximate surface area is 95.5 Å². The van der Waals surface area contributed by atoms with Gasteiger partial charge in [0.25, 0.3) is 0 Å². The molecule has 1 unspecified atom stereocenters. The molecule has 0 aromatic heterocycles. The molecule has 0 bridgehead atoms. The van der Waals surface area contributed by atoms with Crippen molar-refractivity contribution in [3.8, 4) is 0 Å². The molecule has 0 saturated carbocycles. The summed E-state index contributed by atoms with van der Waals surface area (Å²) in [5.41, 5.74) is 1.39. The molecule has 1 nitrogen and oxygen atoms in total. The van der Waals surface area contributed by atoms with Crippen molar-refractivity contribution in [1.82, 2.24) is 0 Å². The zero-order valence-electron chi connectivity index (χ0n) is 8.34. The fourth-order valence-electron chi connectivity index (χ4n) is 1.82. The smallest absolute Gasteiger partial charge is 0.0532 e. The van der Waals surface area contributed by atoms with E-state index in [0.717, 1.165) is 21.5 Å². The molecule has 14 heavy (non-hydrogen) atoms. The Morgan fingerprint density at radius 3 is 2.86 bits per heavy atom. The van der Waals surface area contributed by atoms with Crippen molar-refractivity contribution in [3.63, 3.8) is 0 Å². The monoisotopic (exact) mass is 272 g/mol. The molecule has 1 atom stereocenters. The fourth-order valence-corrected chi connectivity index (χ4v) is 3.90. The van der Waals surface area contributed by atoms with Crippen LogP contribution in [0.15, 0.2) is 27.6 Å². The predicted octanol–water partition coefficient (Wildman–Crippen LogP) is 3.24. The second kappa shape index (κ2) is 3.46. The van der Waals surface area contributed by atoms with Crippen molar-refractivity contribution in [1.29, 1.82) is 0 Å². The van der Waals surface area contributed by atoms with Gasteiger partial charge in [-0.15, -0.1) is 0 Å². The van der Waals surface area contributed by atoms with E-state index in [4.69, 9.17) is 0 Å². The van der Waals surface area contributed by atoms with Crippen LogP contribution < -0.4 is 0 Å². The van der Waals surface area contributed by atoms with Gasteiger partial charge in [-0.25, -0.2) is 0 Å². The normalized spacial score (nSPS) is 24.4. The second-order valence-electron chi connectivity index (χ2n) is 4.32. The average molecular weight is 273 g/mol. The van der Waals surface area contributed by atoms with Crippen LogP contribution in [-0.2, 0) is 16.2 Å². The summed E-state index contributed by atoms with van der Waals surface area (Å²) < 4.78 is 12.9. The third-order valence-corrected chi connectivity index (χ3v) is 4.74. The first-order valence-corrected chi connectivity index (χ1v) is 6.80. The van der Waals surface area contributed by atoms with Crippen molar-refractivity contribution in [2.24, 2.45) is 0 Å². The van der Waals surface area contributed by atoms with Crippen LogP contribution in [-0.4, -0.2) is 9.96 Å². The minimum absolute atomic E-state index is 0.160. The minimum Gasteiger partial charge on any atom is -0.254 e. The molecule has 0 aliphatic carbocycles. The highest BCUT2D eigenvalue weighted by molar-refractivity contribution is 9.10. The molecule has 0 spiro atoms. The van der Waals surface area contributed by atoms with Crippen LogP contribution in [0.1, 0.15) is 25.8 Å². The zero-order chi connectivity index (χ0) is 10.3. The third-order valence-electron chi connectivity index (χ3n) is 2.83. The average Bonchev–Trinajstić information content (AvgIpc) is 2.12. The van der Waals surface area contributed by atoms with Crippen LogP contribution in [0.2, 0.25) is 0 Å². The van der Waals surface area contributed by atoms with Crippen LogP contribution >= 0.6 is 15.9 Å². The van der Waals surface area contributed by atoms with E-state index in [1.165, 1.54) is 5.56 Å². The molecular formula is C11H13BrOS. The van der Waals surface area contributed by atoms with Gasteiger partial charge in [-0.1, -0.05) is 29.8 Å². The van der Waals surface area contributed by atoms with Crippen LogP contribution in [0.3, 0.4) is 0 Å². The Morgan fingerprint density at radius 1 is 1.43 bits per heavy atom. The standard InChI is InChI=1S/C11H13BrOS/c1-11(2)5-6-14(13)10-4-3-8(12)7-9(10)11/h3-4,7H,5-6H2,1-2H3. The summed E-state index contributed by atoms with van der Waals surface area (Å²) >= 11 is 3.46. The van der Waals surface area contributed by atoms with E-state index in [1.807, 2.05) is 12.1 Å². The first-order chi connectivity index (χ1) is 6.50. The molecule has 0 amide bonds. The van der Waals surface area contributed by atoms with Crippen LogP contribution in [0.4, 0.5) is 0 Å². The molecule has 0 saturated heterocycles. The first kappa shape index (κ1) is 10.4. The molecule has 0 fully saturated rings.